The molecule has 4 heterocycles. The lowest BCUT2D eigenvalue weighted by molar-refractivity contribution is -0.126. The molecule has 2 fully saturated rings. The summed E-state index contributed by atoms with van der Waals surface area (Å²) in [7, 11) is 1.60. The smallest absolute Gasteiger partial charge is 0.319 e. The first-order chi connectivity index (χ1) is 21.1. The number of likely N-dealkylation sites (N-methyl/N-ethyl adjacent to an activating group) is 1. The topological polar surface area (TPSA) is 74.7 Å². The molecule has 2 aliphatic heterocycles. The number of hydrogen-bond acceptors (Lipinski definition) is 7. The summed E-state index contributed by atoms with van der Waals surface area (Å²) in [6.45, 7) is 0.107. The van der Waals surface area contributed by atoms with Gasteiger partial charge >= 0.3 is 6.01 Å². The third-order valence-electron chi connectivity index (χ3n) is 8.04. The lowest BCUT2D eigenvalue weighted by Crippen LogP contribution is -2.48. The van der Waals surface area contributed by atoms with Crippen molar-refractivity contribution < 1.29 is 27.1 Å². The van der Waals surface area contributed by atoms with Crippen LogP contribution in [0.4, 0.5) is 23.4 Å². The van der Waals surface area contributed by atoms with E-state index in [4.69, 9.17) is 16.3 Å². The zero-order valence-electron chi connectivity index (χ0n) is 23.8. The molecule has 2 aliphatic rings. The molecule has 44 heavy (non-hydrogen) atoms. The maximum Gasteiger partial charge on any atom is 0.319 e. The number of carbonyl (C=O) groups excluding carboxylic acids is 1. The van der Waals surface area contributed by atoms with Crippen LogP contribution < -0.4 is 9.64 Å². The summed E-state index contributed by atoms with van der Waals surface area (Å²) in [4.78, 5) is 30.8. The van der Waals surface area contributed by atoms with Crippen molar-refractivity contribution in [3.8, 4) is 17.3 Å². The number of ether oxygens (including phenoxy) is 1. The monoisotopic (exact) mass is 628 g/mol. The lowest BCUT2D eigenvalue weighted by atomic mass is 10.0. The van der Waals surface area contributed by atoms with Crippen molar-refractivity contribution in [2.24, 2.45) is 0 Å². The Bertz CT molecular complexity index is 1740. The van der Waals surface area contributed by atoms with E-state index < -0.39 is 24.5 Å². The number of carbonyl (C=O) groups is 1. The minimum absolute atomic E-state index is 0.0389. The standard InChI is InChI=1S/C31H29ClF4N6O2/c1-40-18-31(35,36)15-20(40)17-44-30-38-28-22(29(39-30)42-13-11-41(12-14-42)24(43)9-4-10-33)16-37-27(26(28)34)21-7-2-5-19-6-3-8-23(32)25(19)21/h2-9,16,20H,10-15,17-18H2,1H3/b9-4+/t20-/m0/s1. The van der Waals surface area contributed by atoms with E-state index in [1.54, 1.807) is 30.1 Å². The van der Waals surface area contributed by atoms with Gasteiger partial charge in [-0.1, -0.05) is 41.9 Å². The SMILES string of the molecule is CN1CC(F)(F)C[C@H]1COc1nc(N2CCN(C(=O)/C=C/CF)CC2)c2cnc(-c3cccc4cccc(Cl)c34)c(F)c2n1. The van der Waals surface area contributed by atoms with Crippen molar-refractivity contribution in [1.82, 2.24) is 24.8 Å². The highest BCUT2D eigenvalue weighted by atomic mass is 35.5. The molecular weight excluding hydrogens is 600 g/mol. The third-order valence-corrected chi connectivity index (χ3v) is 8.35. The molecule has 2 saturated heterocycles. The van der Waals surface area contributed by atoms with Crippen molar-refractivity contribution in [2.75, 3.05) is 58.0 Å². The second-order valence-electron chi connectivity index (χ2n) is 11.0. The number of hydrogen-bond donors (Lipinski definition) is 0. The molecule has 8 nitrogen and oxygen atoms in total. The van der Waals surface area contributed by atoms with Gasteiger partial charge in [-0.3, -0.25) is 14.7 Å². The average molecular weight is 629 g/mol. The Morgan fingerprint density at radius 1 is 1.14 bits per heavy atom. The molecule has 6 rings (SSSR count). The van der Waals surface area contributed by atoms with Crippen LogP contribution in [-0.4, -0.2) is 95.7 Å². The molecular formula is C31H29ClF4N6O2. The molecule has 1 amide bonds. The van der Waals surface area contributed by atoms with Crippen LogP contribution in [0.5, 0.6) is 6.01 Å². The summed E-state index contributed by atoms with van der Waals surface area (Å²) in [5.74, 6) is -3.50. The van der Waals surface area contributed by atoms with E-state index >= 15 is 4.39 Å². The number of anilines is 1. The van der Waals surface area contributed by atoms with Gasteiger partial charge in [-0.05, 0) is 24.6 Å². The minimum atomic E-state index is -2.83. The Morgan fingerprint density at radius 2 is 1.89 bits per heavy atom. The maximum absolute atomic E-state index is 16.5. The Labute approximate surface area is 255 Å². The van der Waals surface area contributed by atoms with Gasteiger partial charge in [0.1, 0.15) is 30.3 Å². The molecule has 0 aliphatic carbocycles. The predicted molar refractivity (Wildman–Crippen MR) is 161 cm³/mol. The van der Waals surface area contributed by atoms with Crippen LogP contribution in [0.3, 0.4) is 0 Å². The van der Waals surface area contributed by atoms with Gasteiger partial charge in [-0.15, -0.1) is 0 Å². The number of nitrogens with zero attached hydrogens (tertiary/aromatic N) is 6. The van der Waals surface area contributed by atoms with Crippen LogP contribution >= 0.6 is 11.6 Å². The van der Waals surface area contributed by atoms with Gasteiger partial charge in [0, 0.05) is 66.9 Å². The van der Waals surface area contributed by atoms with Crippen LogP contribution in [0.25, 0.3) is 32.9 Å². The van der Waals surface area contributed by atoms with Gasteiger partial charge in [0.25, 0.3) is 5.92 Å². The highest BCUT2D eigenvalue weighted by Crippen LogP contribution is 2.38. The highest BCUT2D eigenvalue weighted by molar-refractivity contribution is 6.36. The number of alkyl halides is 3. The normalized spacial score (nSPS) is 19.0. The van der Waals surface area contributed by atoms with Gasteiger partial charge in [0.05, 0.1) is 11.9 Å². The molecule has 0 bridgehead atoms. The molecule has 0 radical (unpaired) electrons. The molecule has 2 aromatic carbocycles. The number of rotatable bonds is 7. The van der Waals surface area contributed by atoms with Gasteiger partial charge in [0.2, 0.25) is 5.91 Å². The molecule has 0 unspecified atom stereocenters. The van der Waals surface area contributed by atoms with Crippen LogP contribution in [0, 0.1) is 5.82 Å². The average Bonchev–Trinajstić information content (AvgIpc) is 3.29. The van der Waals surface area contributed by atoms with Crippen LogP contribution in [0.2, 0.25) is 5.02 Å². The molecule has 13 heteroatoms. The molecule has 0 saturated carbocycles. The summed E-state index contributed by atoms with van der Waals surface area (Å²) in [5, 5.41) is 2.22. The summed E-state index contributed by atoms with van der Waals surface area (Å²) < 4.78 is 62.8. The molecule has 0 spiro atoms. The fraction of sp³-hybridized carbons (Fsp3) is 0.355. The third kappa shape index (κ3) is 5.88. The van der Waals surface area contributed by atoms with E-state index in [-0.39, 0.29) is 42.7 Å². The quantitative estimate of drug-likeness (QED) is 0.197. The first kappa shape index (κ1) is 30.0. The van der Waals surface area contributed by atoms with E-state index in [0.29, 0.717) is 53.4 Å². The number of piperazine rings is 1. The summed E-state index contributed by atoms with van der Waals surface area (Å²) in [6.07, 6.45) is 3.48. The van der Waals surface area contributed by atoms with Crippen LogP contribution in [0.15, 0.2) is 54.7 Å². The number of likely N-dealkylation sites (tertiary alicyclic amines) is 1. The summed E-state index contributed by atoms with van der Waals surface area (Å²) in [6, 6.07) is 10.1. The van der Waals surface area contributed by atoms with Crippen molar-refractivity contribution >= 4 is 45.0 Å². The van der Waals surface area contributed by atoms with E-state index in [2.05, 4.69) is 15.0 Å². The Hall–Kier alpha value is -4.03. The molecule has 230 valence electrons. The van der Waals surface area contributed by atoms with Crippen molar-refractivity contribution in [3.05, 3.63) is 65.6 Å². The van der Waals surface area contributed by atoms with Gasteiger partial charge < -0.3 is 14.5 Å². The second-order valence-corrected chi connectivity index (χ2v) is 11.4. The van der Waals surface area contributed by atoms with Crippen molar-refractivity contribution in [1.29, 1.82) is 0 Å². The molecule has 1 atom stereocenters. The van der Waals surface area contributed by atoms with E-state index in [1.807, 2.05) is 23.1 Å². The first-order valence-corrected chi connectivity index (χ1v) is 14.5. The number of halogens is 5. The van der Waals surface area contributed by atoms with Crippen molar-refractivity contribution in [2.45, 2.75) is 18.4 Å². The van der Waals surface area contributed by atoms with E-state index in [9.17, 15) is 18.0 Å². The van der Waals surface area contributed by atoms with Crippen LogP contribution in [0.1, 0.15) is 6.42 Å². The summed E-state index contributed by atoms with van der Waals surface area (Å²) >= 11 is 6.52. The van der Waals surface area contributed by atoms with Gasteiger partial charge in [-0.2, -0.15) is 9.97 Å². The van der Waals surface area contributed by atoms with E-state index in [0.717, 1.165) is 11.5 Å². The van der Waals surface area contributed by atoms with Crippen LogP contribution in [-0.2, 0) is 4.79 Å². The number of allylic oxidation sites excluding steroid dienone is 1. The zero-order chi connectivity index (χ0) is 31.0. The molecule has 4 aromatic rings. The first-order valence-electron chi connectivity index (χ1n) is 14.2. The number of pyridine rings is 1. The van der Waals surface area contributed by atoms with Gasteiger partial charge in [-0.25, -0.2) is 17.6 Å². The maximum atomic E-state index is 16.5. The van der Waals surface area contributed by atoms with Crippen molar-refractivity contribution in [3.63, 3.8) is 0 Å². The molecule has 2 aromatic heterocycles. The fourth-order valence-electron chi connectivity index (χ4n) is 5.81. The summed E-state index contributed by atoms with van der Waals surface area (Å²) in [5.41, 5.74) is 0.476. The van der Waals surface area contributed by atoms with E-state index in [1.165, 1.54) is 17.2 Å². The second kappa shape index (κ2) is 12.2. The lowest BCUT2D eigenvalue weighted by Gasteiger charge is -2.35. The number of benzene rings is 2. The zero-order valence-corrected chi connectivity index (χ0v) is 24.6. The predicted octanol–water partition coefficient (Wildman–Crippen LogP) is 5.53. The highest BCUT2D eigenvalue weighted by Gasteiger charge is 2.43. The number of fused-ring (bicyclic) bond motifs is 2. The minimum Gasteiger partial charge on any atom is -0.462 e. The fourth-order valence-corrected chi connectivity index (χ4v) is 6.10. The van der Waals surface area contributed by atoms with Gasteiger partial charge in [0.15, 0.2) is 5.82 Å². The molecule has 0 N–H and O–H groups in total. The Morgan fingerprint density at radius 3 is 2.59 bits per heavy atom. The number of amides is 1. The Balaban J connectivity index is 1.39. The Kier molecular flexibility index (Phi) is 8.30. The number of aromatic nitrogens is 3. The largest absolute Gasteiger partial charge is 0.462 e.